The molecule has 0 unspecified atom stereocenters. The van der Waals surface area contributed by atoms with Gasteiger partial charge in [0.2, 0.25) is 0 Å². The van der Waals surface area contributed by atoms with Crippen molar-refractivity contribution in [3.05, 3.63) is 69.5 Å². The van der Waals surface area contributed by atoms with E-state index in [1.54, 1.807) is 0 Å². The molecule has 2 rings (SSSR count). The first-order chi connectivity index (χ1) is 10.8. The summed E-state index contributed by atoms with van der Waals surface area (Å²) in [6, 6.07) is 5.76. The van der Waals surface area contributed by atoms with Crippen LogP contribution in [0.5, 0.6) is 0 Å². The van der Waals surface area contributed by atoms with Gasteiger partial charge >= 0.3 is 0 Å². The molecule has 120 valence electrons. The summed E-state index contributed by atoms with van der Waals surface area (Å²) in [5.74, 6) is 0. The van der Waals surface area contributed by atoms with Crippen LogP contribution in [0, 0.1) is 0 Å². The van der Waals surface area contributed by atoms with Crippen molar-refractivity contribution in [2.75, 3.05) is 7.05 Å². The van der Waals surface area contributed by atoms with Gasteiger partial charge in [-0.2, -0.15) is 0 Å². The molecular formula is C19H22ClN3. The van der Waals surface area contributed by atoms with E-state index in [0.29, 0.717) is 5.02 Å². The third kappa shape index (κ3) is 3.51. The van der Waals surface area contributed by atoms with Crippen LogP contribution in [-0.4, -0.2) is 12.0 Å². The zero-order valence-electron chi connectivity index (χ0n) is 13.8. The minimum Gasteiger partial charge on any atom is -0.388 e. The number of aromatic amines is 1. The SMILES string of the molecule is C=C(C)/C(C(=C)NC)=C(/C)N/C=c1\c(=C)[nH]c2cc(Cl)ccc12. The van der Waals surface area contributed by atoms with Crippen molar-refractivity contribution in [1.82, 2.24) is 15.6 Å². The molecule has 0 aliphatic rings. The van der Waals surface area contributed by atoms with Crippen LogP contribution in [0.2, 0.25) is 5.02 Å². The third-order valence-electron chi connectivity index (χ3n) is 3.72. The second-order valence-electron chi connectivity index (χ2n) is 5.50. The molecule has 23 heavy (non-hydrogen) atoms. The van der Waals surface area contributed by atoms with Crippen molar-refractivity contribution in [2.45, 2.75) is 13.8 Å². The van der Waals surface area contributed by atoms with Crippen molar-refractivity contribution < 1.29 is 0 Å². The number of hydrogen-bond donors (Lipinski definition) is 3. The Morgan fingerprint density at radius 3 is 2.57 bits per heavy atom. The van der Waals surface area contributed by atoms with Crippen molar-refractivity contribution in [2.24, 2.45) is 0 Å². The van der Waals surface area contributed by atoms with Crippen LogP contribution in [0.4, 0.5) is 0 Å². The lowest BCUT2D eigenvalue weighted by molar-refractivity contribution is 0.972. The van der Waals surface area contributed by atoms with Gasteiger partial charge in [-0.25, -0.2) is 0 Å². The number of nitrogens with one attached hydrogen (secondary N) is 3. The number of H-pyrrole nitrogens is 1. The summed E-state index contributed by atoms with van der Waals surface area (Å²) >= 11 is 6.03. The number of allylic oxidation sites excluding steroid dienone is 2. The van der Waals surface area contributed by atoms with Crippen molar-refractivity contribution in [3.63, 3.8) is 0 Å². The predicted octanol–water partition coefficient (Wildman–Crippen LogP) is 3.14. The Bertz CT molecular complexity index is 916. The number of halogens is 1. The van der Waals surface area contributed by atoms with Gasteiger partial charge in [0.25, 0.3) is 0 Å². The fraction of sp³-hybridized carbons (Fsp3) is 0.158. The van der Waals surface area contributed by atoms with Gasteiger partial charge in [-0.05, 0) is 31.6 Å². The molecule has 0 atom stereocenters. The van der Waals surface area contributed by atoms with E-state index in [4.69, 9.17) is 11.6 Å². The third-order valence-corrected chi connectivity index (χ3v) is 3.96. The molecular weight excluding hydrogens is 306 g/mol. The van der Waals surface area contributed by atoms with E-state index < -0.39 is 0 Å². The quantitative estimate of drug-likeness (QED) is 0.738. The smallest absolute Gasteiger partial charge is 0.0480 e. The molecule has 0 bridgehead atoms. The van der Waals surface area contributed by atoms with Crippen LogP contribution in [0.1, 0.15) is 13.8 Å². The van der Waals surface area contributed by atoms with E-state index >= 15 is 0 Å². The largest absolute Gasteiger partial charge is 0.388 e. The van der Waals surface area contributed by atoms with E-state index in [0.717, 1.165) is 44.0 Å². The van der Waals surface area contributed by atoms with Crippen LogP contribution in [0.25, 0.3) is 23.7 Å². The standard InChI is InChI=1S/C19H22ClN3/c1-11(2)19(13(4)21-6)14(5)22-10-17-12(3)23-18-9-15(20)7-8-16(17)18/h7-10,21-23H,1,3-4H2,2,5-6H3/b17-10+,19-14+. The molecule has 2 aromatic rings. The summed E-state index contributed by atoms with van der Waals surface area (Å²) in [6.45, 7) is 16.1. The van der Waals surface area contributed by atoms with Crippen molar-refractivity contribution in [3.8, 4) is 0 Å². The maximum Gasteiger partial charge on any atom is 0.0480 e. The lowest BCUT2D eigenvalue weighted by Crippen LogP contribution is -2.24. The van der Waals surface area contributed by atoms with Gasteiger partial charge in [0.15, 0.2) is 0 Å². The molecule has 1 aromatic heterocycles. The van der Waals surface area contributed by atoms with Gasteiger partial charge in [0, 0.05) is 56.7 Å². The van der Waals surface area contributed by atoms with Gasteiger partial charge in [0.05, 0.1) is 0 Å². The van der Waals surface area contributed by atoms with E-state index in [-0.39, 0.29) is 0 Å². The minimum atomic E-state index is 0.698. The Morgan fingerprint density at radius 2 is 1.96 bits per heavy atom. The van der Waals surface area contributed by atoms with Crippen LogP contribution in [0.3, 0.4) is 0 Å². The summed E-state index contributed by atoms with van der Waals surface area (Å²) in [5.41, 5.74) is 4.70. The fourth-order valence-corrected chi connectivity index (χ4v) is 2.77. The van der Waals surface area contributed by atoms with E-state index in [1.165, 1.54) is 0 Å². The second-order valence-corrected chi connectivity index (χ2v) is 5.94. The van der Waals surface area contributed by atoms with Gasteiger partial charge in [-0.3, -0.25) is 0 Å². The molecule has 0 radical (unpaired) electrons. The Hall–Kier alpha value is -2.39. The molecule has 1 aromatic carbocycles. The molecule has 0 aliphatic heterocycles. The Labute approximate surface area is 141 Å². The summed E-state index contributed by atoms with van der Waals surface area (Å²) < 4.78 is 0. The van der Waals surface area contributed by atoms with Crippen LogP contribution in [-0.2, 0) is 0 Å². The zero-order valence-corrected chi connectivity index (χ0v) is 14.6. The highest BCUT2D eigenvalue weighted by Crippen LogP contribution is 2.17. The molecule has 0 aliphatic carbocycles. The average Bonchev–Trinajstić information content (AvgIpc) is 2.79. The Balaban J connectivity index is 2.51. The van der Waals surface area contributed by atoms with Gasteiger partial charge in [-0.15, -0.1) is 0 Å². The van der Waals surface area contributed by atoms with E-state index in [1.807, 2.05) is 45.3 Å². The highest BCUT2D eigenvalue weighted by molar-refractivity contribution is 6.31. The highest BCUT2D eigenvalue weighted by Gasteiger charge is 2.06. The Kier molecular flexibility index (Phi) is 5.02. The van der Waals surface area contributed by atoms with Crippen molar-refractivity contribution in [1.29, 1.82) is 0 Å². The molecule has 1 heterocycles. The first-order valence-corrected chi connectivity index (χ1v) is 7.69. The first-order valence-electron chi connectivity index (χ1n) is 7.32. The van der Waals surface area contributed by atoms with Gasteiger partial charge < -0.3 is 15.6 Å². The minimum absolute atomic E-state index is 0.698. The van der Waals surface area contributed by atoms with Gasteiger partial charge in [-0.1, -0.05) is 37.4 Å². The van der Waals surface area contributed by atoms with Gasteiger partial charge in [0.1, 0.15) is 0 Å². The summed E-state index contributed by atoms with van der Waals surface area (Å²) in [7, 11) is 1.85. The maximum atomic E-state index is 6.03. The van der Waals surface area contributed by atoms with Crippen molar-refractivity contribution >= 4 is 35.3 Å². The highest BCUT2D eigenvalue weighted by atomic mass is 35.5. The number of aromatic nitrogens is 1. The fourth-order valence-electron chi connectivity index (χ4n) is 2.59. The maximum absolute atomic E-state index is 6.03. The predicted molar refractivity (Wildman–Crippen MR) is 101 cm³/mol. The molecule has 0 amide bonds. The Morgan fingerprint density at radius 1 is 1.26 bits per heavy atom. The number of likely N-dealkylation sites (N-methyl/N-ethyl adjacent to an activating group) is 1. The molecule has 3 N–H and O–H groups in total. The van der Waals surface area contributed by atoms with E-state index in [9.17, 15) is 0 Å². The molecule has 0 spiro atoms. The number of fused-ring (bicyclic) bond motifs is 1. The number of hydrogen-bond acceptors (Lipinski definition) is 2. The normalized spacial score (nSPS) is 13.0. The molecule has 3 nitrogen and oxygen atoms in total. The molecule has 0 fully saturated rings. The average molecular weight is 328 g/mol. The second kappa shape index (κ2) is 6.80. The number of benzene rings is 1. The molecule has 0 saturated heterocycles. The monoisotopic (exact) mass is 327 g/mol. The summed E-state index contributed by atoms with van der Waals surface area (Å²) in [5, 5.41) is 10.0. The molecule has 4 heteroatoms. The lowest BCUT2D eigenvalue weighted by atomic mass is 10.0. The van der Waals surface area contributed by atoms with Crippen LogP contribution in [0.15, 0.2) is 53.9 Å². The number of rotatable bonds is 5. The molecule has 0 saturated carbocycles. The summed E-state index contributed by atoms with van der Waals surface area (Å²) in [6.07, 6.45) is 1.94. The van der Waals surface area contributed by atoms with E-state index in [2.05, 4.69) is 35.4 Å². The first kappa shape index (κ1) is 17.0. The van der Waals surface area contributed by atoms with Crippen LogP contribution < -0.4 is 21.2 Å². The topological polar surface area (TPSA) is 39.8 Å². The lowest BCUT2D eigenvalue weighted by Gasteiger charge is -2.14. The zero-order chi connectivity index (χ0) is 17.1. The summed E-state index contributed by atoms with van der Waals surface area (Å²) in [4.78, 5) is 3.25. The van der Waals surface area contributed by atoms with Crippen LogP contribution >= 0.6 is 11.6 Å².